The summed E-state index contributed by atoms with van der Waals surface area (Å²) in [5.41, 5.74) is 2.42. The summed E-state index contributed by atoms with van der Waals surface area (Å²) in [7, 11) is -2.21. The number of hydrazine groups is 1. The number of amides is 2. The summed E-state index contributed by atoms with van der Waals surface area (Å²) in [5.74, 6) is -2.90. The SMILES string of the molecule is Cn1cnc(-c2cc(Cl)c(F)c(C(=O)NNS(=O)(=O)CC3CCN(C(=O)CCO)C3)c2)c1. The molecule has 1 atom stereocenters. The van der Waals surface area contributed by atoms with Crippen LogP contribution in [0.15, 0.2) is 24.7 Å². The van der Waals surface area contributed by atoms with E-state index in [1.54, 1.807) is 17.8 Å². The molecule has 3 N–H and O–H groups in total. The Morgan fingerprint density at radius 1 is 1.38 bits per heavy atom. The molecule has 1 aliphatic heterocycles. The molecular weight excluding hydrogens is 465 g/mol. The van der Waals surface area contributed by atoms with Crippen molar-refractivity contribution in [1.82, 2.24) is 24.7 Å². The van der Waals surface area contributed by atoms with E-state index in [2.05, 4.69) is 4.98 Å². The van der Waals surface area contributed by atoms with E-state index in [4.69, 9.17) is 16.7 Å². The van der Waals surface area contributed by atoms with E-state index in [0.29, 0.717) is 24.2 Å². The first kappa shape index (κ1) is 24.1. The molecule has 1 unspecified atom stereocenters. The van der Waals surface area contributed by atoms with Crippen LogP contribution in [0.1, 0.15) is 23.2 Å². The van der Waals surface area contributed by atoms with Gasteiger partial charge < -0.3 is 14.6 Å². The molecule has 10 nitrogen and oxygen atoms in total. The van der Waals surface area contributed by atoms with Crippen molar-refractivity contribution in [2.24, 2.45) is 13.0 Å². The van der Waals surface area contributed by atoms with Gasteiger partial charge in [-0.2, -0.15) is 0 Å². The van der Waals surface area contributed by atoms with Crippen molar-refractivity contribution in [2.75, 3.05) is 25.4 Å². The zero-order chi connectivity index (χ0) is 23.5. The number of benzene rings is 1. The molecule has 1 aromatic heterocycles. The number of nitrogens with one attached hydrogen (secondary N) is 2. The Labute approximate surface area is 189 Å². The summed E-state index contributed by atoms with van der Waals surface area (Å²) in [6, 6.07) is 2.55. The largest absolute Gasteiger partial charge is 0.396 e. The van der Waals surface area contributed by atoms with E-state index in [9.17, 15) is 22.4 Å². The Kier molecular flexibility index (Phi) is 7.49. The molecule has 0 aliphatic carbocycles. The minimum Gasteiger partial charge on any atom is -0.396 e. The molecule has 1 aromatic carbocycles. The van der Waals surface area contributed by atoms with Crippen LogP contribution in [-0.4, -0.2) is 65.2 Å². The minimum absolute atomic E-state index is 0.0144. The minimum atomic E-state index is -3.95. The van der Waals surface area contributed by atoms with Crippen molar-refractivity contribution in [3.05, 3.63) is 41.1 Å². The van der Waals surface area contributed by atoms with Crippen molar-refractivity contribution in [2.45, 2.75) is 12.8 Å². The molecule has 0 spiro atoms. The predicted octanol–water partition coefficient (Wildman–Crippen LogP) is 0.675. The maximum absolute atomic E-state index is 14.4. The quantitative estimate of drug-likeness (QED) is 0.469. The van der Waals surface area contributed by atoms with Gasteiger partial charge in [-0.3, -0.25) is 15.0 Å². The number of aliphatic hydroxyl groups excluding tert-OH is 1. The van der Waals surface area contributed by atoms with Crippen LogP contribution in [0.4, 0.5) is 4.39 Å². The second-order valence-corrected chi connectivity index (χ2v) is 9.72. The van der Waals surface area contributed by atoms with E-state index in [1.165, 1.54) is 23.4 Å². The molecule has 0 saturated carbocycles. The van der Waals surface area contributed by atoms with Crippen LogP contribution >= 0.6 is 11.6 Å². The topological polar surface area (TPSA) is 134 Å². The van der Waals surface area contributed by atoms with Gasteiger partial charge in [-0.25, -0.2) is 17.8 Å². The number of rotatable bonds is 8. The highest BCUT2D eigenvalue weighted by molar-refractivity contribution is 7.89. The van der Waals surface area contributed by atoms with E-state index >= 15 is 0 Å². The molecule has 13 heteroatoms. The molecule has 0 radical (unpaired) electrons. The number of carbonyl (C=O) groups excluding carboxylic acids is 2. The third-order valence-corrected chi connectivity index (χ3v) is 6.61. The van der Waals surface area contributed by atoms with Crippen LogP contribution in [-0.2, 0) is 21.9 Å². The van der Waals surface area contributed by atoms with Gasteiger partial charge in [-0.1, -0.05) is 11.6 Å². The van der Waals surface area contributed by atoms with E-state index < -0.39 is 27.3 Å². The van der Waals surface area contributed by atoms with E-state index in [0.717, 1.165) is 0 Å². The number of carbonyl (C=O) groups is 2. The van der Waals surface area contributed by atoms with Crippen molar-refractivity contribution in [3.63, 3.8) is 0 Å². The average Bonchev–Trinajstić information content (AvgIpc) is 3.37. The number of imidazole rings is 1. The number of halogens is 2. The molecular formula is C19H23ClFN5O5S. The molecule has 174 valence electrons. The number of hydrogen-bond donors (Lipinski definition) is 3. The molecule has 2 aromatic rings. The Hall–Kier alpha value is -2.54. The van der Waals surface area contributed by atoms with Crippen LogP contribution in [0.2, 0.25) is 5.02 Å². The maximum Gasteiger partial charge on any atom is 0.269 e. The average molecular weight is 488 g/mol. The van der Waals surface area contributed by atoms with Gasteiger partial charge in [0.1, 0.15) is 0 Å². The predicted molar refractivity (Wildman–Crippen MR) is 114 cm³/mol. The number of likely N-dealkylation sites (tertiary alicyclic amines) is 1. The molecule has 32 heavy (non-hydrogen) atoms. The van der Waals surface area contributed by atoms with Gasteiger partial charge in [0, 0.05) is 38.3 Å². The van der Waals surface area contributed by atoms with Gasteiger partial charge >= 0.3 is 0 Å². The Morgan fingerprint density at radius 3 is 2.78 bits per heavy atom. The highest BCUT2D eigenvalue weighted by Gasteiger charge is 2.30. The fourth-order valence-corrected chi connectivity index (χ4v) is 4.90. The fourth-order valence-electron chi connectivity index (χ4n) is 3.46. The van der Waals surface area contributed by atoms with Gasteiger partial charge in [0.2, 0.25) is 15.9 Å². The number of aliphatic hydroxyl groups is 1. The van der Waals surface area contributed by atoms with Crippen LogP contribution < -0.4 is 10.3 Å². The van der Waals surface area contributed by atoms with Crippen molar-refractivity contribution in [3.8, 4) is 11.3 Å². The third kappa shape index (κ3) is 5.82. The van der Waals surface area contributed by atoms with Gasteiger partial charge in [-0.05, 0) is 24.5 Å². The molecule has 1 fully saturated rings. The highest BCUT2D eigenvalue weighted by atomic mass is 35.5. The van der Waals surface area contributed by atoms with E-state index in [-0.39, 0.29) is 42.2 Å². The van der Waals surface area contributed by atoms with Gasteiger partial charge in [0.25, 0.3) is 5.91 Å². The van der Waals surface area contributed by atoms with E-state index in [1.807, 2.05) is 10.3 Å². The standard InChI is InChI=1S/C19H23ClFN5O5S/c1-25-9-16(22-11-25)13-6-14(18(21)15(20)7-13)19(29)23-24-32(30,31)10-12-2-4-26(8-12)17(28)3-5-27/h6-7,9,11-12,24,27H,2-5,8,10H2,1H3,(H,23,29). The zero-order valence-corrected chi connectivity index (χ0v) is 18.8. The Balaban J connectivity index is 1.64. The lowest BCUT2D eigenvalue weighted by atomic mass is 10.1. The molecule has 2 amide bonds. The normalized spacial score (nSPS) is 16.4. The number of sulfonamides is 1. The number of nitrogens with zero attached hydrogens (tertiary/aromatic N) is 3. The number of hydrogen-bond acceptors (Lipinski definition) is 6. The van der Waals surface area contributed by atoms with Crippen molar-refractivity contribution in [1.29, 1.82) is 0 Å². The summed E-state index contributed by atoms with van der Waals surface area (Å²) in [4.78, 5) is 31.9. The molecule has 1 saturated heterocycles. The second kappa shape index (κ2) is 9.94. The van der Waals surface area contributed by atoms with Gasteiger partial charge in [0.15, 0.2) is 5.82 Å². The van der Waals surface area contributed by atoms with Crippen molar-refractivity contribution < 1.29 is 27.5 Å². The Morgan fingerprint density at radius 2 is 2.12 bits per heavy atom. The first-order chi connectivity index (χ1) is 15.1. The summed E-state index contributed by atoms with van der Waals surface area (Å²) in [6.45, 7) is 0.368. The van der Waals surface area contributed by atoms with Crippen LogP contribution in [0.5, 0.6) is 0 Å². The van der Waals surface area contributed by atoms with Crippen LogP contribution in [0.25, 0.3) is 11.3 Å². The molecule has 0 bridgehead atoms. The maximum atomic E-state index is 14.4. The lowest BCUT2D eigenvalue weighted by Gasteiger charge is -2.16. The lowest BCUT2D eigenvalue weighted by Crippen LogP contribution is -2.44. The monoisotopic (exact) mass is 487 g/mol. The molecule has 2 heterocycles. The van der Waals surface area contributed by atoms with Gasteiger partial charge in [-0.15, -0.1) is 4.83 Å². The Bertz CT molecular complexity index is 1120. The van der Waals surface area contributed by atoms with Crippen LogP contribution in [0, 0.1) is 11.7 Å². The molecule has 3 rings (SSSR count). The van der Waals surface area contributed by atoms with Gasteiger partial charge in [0.05, 0.1) is 35.0 Å². The van der Waals surface area contributed by atoms with Crippen molar-refractivity contribution >= 4 is 33.4 Å². The highest BCUT2D eigenvalue weighted by Crippen LogP contribution is 2.27. The summed E-state index contributed by atoms with van der Waals surface area (Å²) >= 11 is 5.91. The van der Waals surface area contributed by atoms with Crippen LogP contribution in [0.3, 0.4) is 0 Å². The lowest BCUT2D eigenvalue weighted by molar-refractivity contribution is -0.130. The summed E-state index contributed by atoms with van der Waals surface area (Å²) in [5, 5.41) is 8.55. The smallest absolute Gasteiger partial charge is 0.269 e. The second-order valence-electron chi connectivity index (χ2n) is 7.55. The third-order valence-electron chi connectivity index (χ3n) is 5.01. The first-order valence-corrected chi connectivity index (χ1v) is 11.8. The number of aromatic nitrogens is 2. The first-order valence-electron chi connectivity index (χ1n) is 9.75. The number of aryl methyl sites for hydroxylation is 1. The molecule has 1 aliphatic rings. The zero-order valence-electron chi connectivity index (χ0n) is 17.2. The summed E-state index contributed by atoms with van der Waals surface area (Å²) < 4.78 is 40.8. The fraction of sp³-hybridized carbons (Fsp3) is 0.421. The summed E-state index contributed by atoms with van der Waals surface area (Å²) in [6.07, 6.45) is 3.65.